The molecule has 0 spiro atoms. The second-order valence-corrected chi connectivity index (χ2v) is 4.58. The number of methoxy groups -OCH3 is 2. The maximum Gasteiger partial charge on any atom is 0.179 e. The van der Waals surface area contributed by atoms with Crippen molar-refractivity contribution in [3.63, 3.8) is 0 Å². The molecule has 16 heavy (non-hydrogen) atoms. The maximum absolute atomic E-state index is 9.91. The molecule has 0 aromatic heterocycles. The molecule has 0 amide bonds. The molecule has 0 atom stereocenters. The van der Waals surface area contributed by atoms with Crippen LogP contribution < -0.4 is 9.47 Å². The van der Waals surface area contributed by atoms with E-state index >= 15 is 0 Å². The molecule has 0 radical (unpaired) electrons. The van der Waals surface area contributed by atoms with Crippen molar-refractivity contribution < 1.29 is 14.6 Å². The van der Waals surface area contributed by atoms with Crippen LogP contribution >= 0.6 is 11.6 Å². The predicted octanol–water partition coefficient (Wildman–Crippen LogP) is 2.42. The van der Waals surface area contributed by atoms with Crippen molar-refractivity contribution in [2.45, 2.75) is 24.9 Å². The number of aliphatic hydroxyl groups is 1. The summed E-state index contributed by atoms with van der Waals surface area (Å²) in [5.74, 6) is 1.15. The van der Waals surface area contributed by atoms with Gasteiger partial charge in [-0.25, -0.2) is 0 Å². The smallest absolute Gasteiger partial charge is 0.179 e. The van der Waals surface area contributed by atoms with E-state index in [2.05, 4.69) is 0 Å². The van der Waals surface area contributed by atoms with Gasteiger partial charge in [-0.05, 0) is 18.9 Å². The molecule has 0 unspecified atom stereocenters. The topological polar surface area (TPSA) is 38.7 Å². The van der Waals surface area contributed by atoms with Gasteiger partial charge in [0, 0.05) is 12.0 Å². The van der Waals surface area contributed by atoms with Gasteiger partial charge in [-0.1, -0.05) is 17.7 Å². The minimum Gasteiger partial charge on any atom is -0.493 e. The van der Waals surface area contributed by atoms with Crippen LogP contribution in [-0.2, 0) is 6.42 Å². The van der Waals surface area contributed by atoms with Crippen LogP contribution in [0.25, 0.3) is 0 Å². The maximum atomic E-state index is 9.91. The highest BCUT2D eigenvalue weighted by Gasteiger charge is 2.41. The molecular weight excluding hydrogens is 228 g/mol. The lowest BCUT2D eigenvalue weighted by Crippen LogP contribution is -2.12. The van der Waals surface area contributed by atoms with Crippen LogP contribution in [0.1, 0.15) is 18.4 Å². The molecule has 1 aliphatic rings. The third kappa shape index (κ3) is 2.11. The van der Waals surface area contributed by atoms with Crippen LogP contribution in [0.3, 0.4) is 0 Å². The van der Waals surface area contributed by atoms with Crippen LogP contribution in [0.5, 0.6) is 11.5 Å². The van der Waals surface area contributed by atoms with Crippen LogP contribution in [0.4, 0.5) is 0 Å². The Kier molecular flexibility index (Phi) is 3.00. The number of hydrogen-bond acceptors (Lipinski definition) is 3. The largest absolute Gasteiger partial charge is 0.493 e. The van der Waals surface area contributed by atoms with Crippen molar-refractivity contribution in [1.82, 2.24) is 0 Å². The lowest BCUT2D eigenvalue weighted by molar-refractivity contribution is 0.149. The second-order valence-electron chi connectivity index (χ2n) is 4.17. The van der Waals surface area contributed by atoms with E-state index in [-0.39, 0.29) is 0 Å². The lowest BCUT2D eigenvalue weighted by atomic mass is 10.0. The minimum absolute atomic E-state index is 0.519. The summed E-state index contributed by atoms with van der Waals surface area (Å²) in [7, 11) is 3.13. The zero-order valence-corrected chi connectivity index (χ0v) is 10.2. The Morgan fingerprint density at radius 2 is 1.88 bits per heavy atom. The van der Waals surface area contributed by atoms with Gasteiger partial charge in [0.2, 0.25) is 0 Å². The van der Waals surface area contributed by atoms with E-state index in [1.54, 1.807) is 20.3 Å². The molecule has 0 bridgehead atoms. The summed E-state index contributed by atoms with van der Waals surface area (Å²) in [5.41, 5.74) is 0.385. The first-order valence-electron chi connectivity index (χ1n) is 5.21. The normalized spacial score (nSPS) is 17.0. The van der Waals surface area contributed by atoms with Gasteiger partial charge in [0.25, 0.3) is 0 Å². The highest BCUT2D eigenvalue weighted by Crippen LogP contribution is 2.44. The van der Waals surface area contributed by atoms with E-state index in [1.165, 1.54) is 0 Å². The number of hydrogen-bond donors (Lipinski definition) is 1. The van der Waals surface area contributed by atoms with E-state index in [4.69, 9.17) is 21.1 Å². The number of rotatable bonds is 4. The SMILES string of the molecule is COc1c(Cl)ccc(CC2(O)CC2)c1OC. The molecule has 1 aromatic carbocycles. The monoisotopic (exact) mass is 242 g/mol. The van der Waals surface area contributed by atoms with Crippen molar-refractivity contribution in [3.8, 4) is 11.5 Å². The van der Waals surface area contributed by atoms with E-state index in [1.807, 2.05) is 6.07 Å². The first kappa shape index (κ1) is 11.6. The summed E-state index contributed by atoms with van der Waals surface area (Å²) in [5, 5.41) is 10.4. The van der Waals surface area contributed by atoms with Gasteiger partial charge in [0.05, 0.1) is 24.8 Å². The van der Waals surface area contributed by atoms with E-state index < -0.39 is 5.60 Å². The molecule has 1 N–H and O–H groups in total. The third-order valence-corrected chi connectivity index (χ3v) is 3.20. The first-order chi connectivity index (χ1) is 7.59. The van der Waals surface area contributed by atoms with Gasteiger partial charge in [-0.3, -0.25) is 0 Å². The van der Waals surface area contributed by atoms with Crippen LogP contribution in [0, 0.1) is 0 Å². The highest BCUT2D eigenvalue weighted by molar-refractivity contribution is 6.32. The molecule has 1 fully saturated rings. The standard InChI is InChI=1S/C12H15ClO3/c1-15-10-8(7-12(14)5-6-12)3-4-9(13)11(10)16-2/h3-4,14H,5-7H2,1-2H3. The average molecular weight is 243 g/mol. The molecule has 4 heteroatoms. The molecule has 2 rings (SSSR count). The van der Waals surface area contributed by atoms with Crippen molar-refractivity contribution in [2.24, 2.45) is 0 Å². The average Bonchev–Trinajstić information content (AvgIpc) is 2.98. The first-order valence-corrected chi connectivity index (χ1v) is 5.59. The fourth-order valence-corrected chi connectivity index (χ4v) is 2.03. The molecule has 1 aromatic rings. The van der Waals surface area contributed by atoms with E-state index in [0.29, 0.717) is 22.9 Å². The fourth-order valence-electron chi connectivity index (χ4n) is 1.81. The Balaban J connectivity index is 2.36. The number of ether oxygens (including phenoxy) is 2. The number of halogens is 1. The van der Waals surface area contributed by atoms with Gasteiger partial charge >= 0.3 is 0 Å². The van der Waals surface area contributed by atoms with E-state index in [9.17, 15) is 5.11 Å². The van der Waals surface area contributed by atoms with Crippen LogP contribution in [-0.4, -0.2) is 24.9 Å². The predicted molar refractivity (Wildman–Crippen MR) is 62.4 cm³/mol. The summed E-state index contributed by atoms with van der Waals surface area (Å²) in [6.07, 6.45) is 2.28. The molecule has 1 aliphatic carbocycles. The Morgan fingerprint density at radius 1 is 1.25 bits per heavy atom. The van der Waals surface area contributed by atoms with Crippen molar-refractivity contribution >= 4 is 11.6 Å². The zero-order chi connectivity index (χ0) is 11.8. The molecule has 0 heterocycles. The highest BCUT2D eigenvalue weighted by atomic mass is 35.5. The molecule has 88 valence electrons. The summed E-state index contributed by atoms with van der Waals surface area (Å²) < 4.78 is 10.5. The zero-order valence-electron chi connectivity index (χ0n) is 9.42. The summed E-state index contributed by atoms with van der Waals surface area (Å²) in [6, 6.07) is 3.64. The quantitative estimate of drug-likeness (QED) is 0.881. The Bertz CT molecular complexity index is 399. The van der Waals surface area contributed by atoms with Gasteiger partial charge in [-0.2, -0.15) is 0 Å². The minimum atomic E-state index is -0.549. The van der Waals surface area contributed by atoms with Gasteiger partial charge in [-0.15, -0.1) is 0 Å². The van der Waals surface area contributed by atoms with Gasteiger partial charge in [0.1, 0.15) is 0 Å². The van der Waals surface area contributed by atoms with Crippen molar-refractivity contribution in [1.29, 1.82) is 0 Å². The summed E-state index contributed by atoms with van der Waals surface area (Å²) in [6.45, 7) is 0. The Labute approximate surface area is 99.9 Å². The van der Waals surface area contributed by atoms with Crippen LogP contribution in [0.15, 0.2) is 12.1 Å². The fraction of sp³-hybridized carbons (Fsp3) is 0.500. The van der Waals surface area contributed by atoms with Crippen molar-refractivity contribution in [3.05, 3.63) is 22.7 Å². The number of benzene rings is 1. The van der Waals surface area contributed by atoms with Gasteiger partial charge in [0.15, 0.2) is 11.5 Å². The third-order valence-electron chi connectivity index (χ3n) is 2.90. The summed E-state index contributed by atoms with van der Waals surface area (Å²) in [4.78, 5) is 0. The molecule has 0 aliphatic heterocycles. The molecule has 3 nitrogen and oxygen atoms in total. The van der Waals surface area contributed by atoms with Crippen molar-refractivity contribution in [2.75, 3.05) is 14.2 Å². The second kappa shape index (κ2) is 4.15. The Hall–Kier alpha value is -0.930. The molecule has 0 saturated heterocycles. The molecule has 1 saturated carbocycles. The Morgan fingerprint density at radius 3 is 2.38 bits per heavy atom. The molecular formula is C12H15ClO3. The van der Waals surface area contributed by atoms with Gasteiger partial charge < -0.3 is 14.6 Å². The summed E-state index contributed by atoms with van der Waals surface area (Å²) >= 11 is 6.00. The van der Waals surface area contributed by atoms with Crippen LogP contribution in [0.2, 0.25) is 5.02 Å². The van der Waals surface area contributed by atoms with E-state index in [0.717, 1.165) is 18.4 Å². The lowest BCUT2D eigenvalue weighted by Gasteiger charge is -2.15.